The summed E-state index contributed by atoms with van der Waals surface area (Å²) in [6.07, 6.45) is 0. The van der Waals surface area contributed by atoms with E-state index in [1.165, 1.54) is 18.4 Å². The number of amides is 1. The van der Waals surface area contributed by atoms with Crippen LogP contribution in [0.1, 0.15) is 0 Å². The summed E-state index contributed by atoms with van der Waals surface area (Å²) < 4.78 is 6.28. The van der Waals surface area contributed by atoms with Gasteiger partial charge in [0.05, 0.1) is 18.2 Å². The highest BCUT2D eigenvalue weighted by molar-refractivity contribution is 7.21. The molecule has 1 N–H and O–H groups in total. The third-order valence-electron chi connectivity index (χ3n) is 4.15. The Morgan fingerprint density at radius 1 is 1.14 bits per heavy atom. The van der Waals surface area contributed by atoms with Crippen molar-refractivity contribution in [3.05, 3.63) is 71.0 Å². The molecule has 8 heteroatoms. The van der Waals surface area contributed by atoms with E-state index in [2.05, 4.69) is 15.6 Å². The van der Waals surface area contributed by atoms with E-state index in [0.29, 0.717) is 21.7 Å². The molecule has 0 aliphatic carbocycles. The minimum absolute atomic E-state index is 0.240. The number of methoxy groups -OCH3 is 1. The average molecular weight is 392 g/mol. The first kappa shape index (κ1) is 17.9. The van der Waals surface area contributed by atoms with Crippen molar-refractivity contribution in [1.82, 2.24) is 15.0 Å². The highest BCUT2D eigenvalue weighted by Crippen LogP contribution is 2.30. The smallest absolute Gasteiger partial charge is 0.279 e. The fourth-order valence-corrected chi connectivity index (χ4v) is 3.78. The molecule has 0 bridgehead atoms. The van der Waals surface area contributed by atoms with E-state index in [1.54, 1.807) is 30.3 Å². The predicted molar refractivity (Wildman–Crippen MR) is 109 cm³/mol. The number of nitrogens with one attached hydrogen (secondary N) is 1. The Kier molecular flexibility index (Phi) is 4.86. The van der Waals surface area contributed by atoms with Gasteiger partial charge in [0.25, 0.3) is 5.56 Å². The number of rotatable bonds is 5. The van der Waals surface area contributed by atoms with Crippen molar-refractivity contribution in [3.8, 4) is 16.2 Å². The van der Waals surface area contributed by atoms with Crippen LogP contribution in [-0.4, -0.2) is 28.0 Å². The summed E-state index contributed by atoms with van der Waals surface area (Å²) in [6, 6.07) is 18.6. The van der Waals surface area contributed by atoms with Gasteiger partial charge in [0.1, 0.15) is 12.3 Å². The van der Waals surface area contributed by atoms with Gasteiger partial charge in [0.15, 0.2) is 4.83 Å². The zero-order valence-corrected chi connectivity index (χ0v) is 15.8. The average Bonchev–Trinajstić information content (AvgIpc) is 3.16. The number of aromatic nitrogens is 3. The van der Waals surface area contributed by atoms with Crippen molar-refractivity contribution in [2.75, 3.05) is 12.4 Å². The summed E-state index contributed by atoms with van der Waals surface area (Å²) in [5.74, 6) is 0.147. The number of benzene rings is 2. The molecule has 0 atom stereocenters. The Labute approximate surface area is 164 Å². The number of ether oxygens (including phenoxy) is 1. The van der Waals surface area contributed by atoms with Gasteiger partial charge < -0.3 is 10.1 Å². The molecule has 0 radical (unpaired) electrons. The lowest BCUT2D eigenvalue weighted by Gasteiger charge is -2.09. The molecule has 0 spiro atoms. The van der Waals surface area contributed by atoms with E-state index in [9.17, 15) is 9.59 Å². The fourth-order valence-electron chi connectivity index (χ4n) is 2.80. The maximum absolute atomic E-state index is 12.7. The molecule has 0 aliphatic rings. The van der Waals surface area contributed by atoms with Crippen LogP contribution in [0.4, 0.5) is 5.69 Å². The number of hydrogen-bond acceptors (Lipinski definition) is 6. The van der Waals surface area contributed by atoms with Gasteiger partial charge in [-0.05, 0) is 23.8 Å². The second-order valence-corrected chi connectivity index (χ2v) is 7.03. The molecule has 4 aromatic rings. The lowest BCUT2D eigenvalue weighted by Crippen LogP contribution is -2.30. The Morgan fingerprint density at radius 2 is 1.89 bits per heavy atom. The predicted octanol–water partition coefficient (Wildman–Crippen LogP) is 3.17. The molecule has 28 heavy (non-hydrogen) atoms. The van der Waals surface area contributed by atoms with Crippen LogP contribution < -0.4 is 15.6 Å². The van der Waals surface area contributed by atoms with Crippen molar-refractivity contribution in [1.29, 1.82) is 0 Å². The van der Waals surface area contributed by atoms with Gasteiger partial charge in [0.2, 0.25) is 5.91 Å². The van der Waals surface area contributed by atoms with Crippen molar-refractivity contribution in [2.24, 2.45) is 0 Å². The third-order valence-corrected chi connectivity index (χ3v) is 5.22. The minimum Gasteiger partial charge on any atom is -0.495 e. The van der Waals surface area contributed by atoms with E-state index in [-0.39, 0.29) is 12.1 Å². The van der Waals surface area contributed by atoms with Crippen molar-refractivity contribution < 1.29 is 9.53 Å². The molecule has 0 aliphatic heterocycles. The summed E-state index contributed by atoms with van der Waals surface area (Å²) >= 11 is 1.40. The van der Waals surface area contributed by atoms with Crippen molar-refractivity contribution in [2.45, 2.75) is 6.54 Å². The quantitative estimate of drug-likeness (QED) is 0.564. The number of thiophene rings is 1. The van der Waals surface area contributed by atoms with E-state index < -0.39 is 5.91 Å². The molecule has 140 valence electrons. The number of hydrogen-bond donors (Lipinski definition) is 1. The van der Waals surface area contributed by atoms with Crippen LogP contribution in [0.2, 0.25) is 0 Å². The van der Waals surface area contributed by atoms with Crippen LogP contribution in [0.25, 0.3) is 20.7 Å². The minimum atomic E-state index is -0.390. The van der Waals surface area contributed by atoms with E-state index in [4.69, 9.17) is 4.74 Å². The summed E-state index contributed by atoms with van der Waals surface area (Å²) in [7, 11) is 1.52. The third kappa shape index (κ3) is 3.49. The zero-order valence-electron chi connectivity index (χ0n) is 15.0. The maximum atomic E-state index is 12.7. The Hall–Kier alpha value is -3.52. The monoisotopic (exact) mass is 392 g/mol. The molecule has 7 nitrogen and oxygen atoms in total. The fraction of sp³-hybridized carbons (Fsp3) is 0.100. The van der Waals surface area contributed by atoms with E-state index in [1.807, 2.05) is 30.3 Å². The van der Waals surface area contributed by atoms with Crippen LogP contribution in [0.5, 0.6) is 5.75 Å². The van der Waals surface area contributed by atoms with Crippen LogP contribution in [0.15, 0.2) is 65.5 Å². The van der Waals surface area contributed by atoms with Crippen LogP contribution in [0, 0.1) is 0 Å². The number of para-hydroxylation sites is 2. The molecular weight excluding hydrogens is 376 g/mol. The Balaban J connectivity index is 1.60. The molecule has 1 amide bonds. The molecule has 2 heterocycles. The highest BCUT2D eigenvalue weighted by Gasteiger charge is 2.14. The number of fused-ring (bicyclic) bond motifs is 1. The number of nitrogens with zero attached hydrogens (tertiary/aromatic N) is 3. The summed E-state index contributed by atoms with van der Waals surface area (Å²) in [5.41, 5.74) is 1.18. The summed E-state index contributed by atoms with van der Waals surface area (Å²) in [4.78, 5) is 26.6. The number of anilines is 1. The van der Waals surface area contributed by atoms with Gasteiger partial charge in [-0.3, -0.25) is 9.59 Å². The van der Waals surface area contributed by atoms with E-state index >= 15 is 0 Å². The van der Waals surface area contributed by atoms with Crippen molar-refractivity contribution >= 4 is 33.1 Å². The first-order valence-electron chi connectivity index (χ1n) is 8.51. The second-order valence-electron chi connectivity index (χ2n) is 6.00. The van der Waals surface area contributed by atoms with Gasteiger partial charge >= 0.3 is 0 Å². The molecule has 0 saturated heterocycles. The lowest BCUT2D eigenvalue weighted by molar-refractivity contribution is -0.117. The van der Waals surface area contributed by atoms with Gasteiger partial charge in [-0.15, -0.1) is 16.4 Å². The summed E-state index contributed by atoms with van der Waals surface area (Å²) in [6.45, 7) is -0.240. The van der Waals surface area contributed by atoms with Gasteiger partial charge in [-0.25, -0.2) is 4.68 Å². The van der Waals surface area contributed by atoms with Gasteiger partial charge in [-0.2, -0.15) is 0 Å². The lowest BCUT2D eigenvalue weighted by atomic mass is 10.2. The summed E-state index contributed by atoms with van der Waals surface area (Å²) in [5, 5.41) is 11.2. The Morgan fingerprint density at radius 3 is 2.68 bits per heavy atom. The normalized spacial score (nSPS) is 10.8. The topological polar surface area (TPSA) is 86.1 Å². The standard InChI is InChI=1S/C20H16N4O3S/c1-27-16-10-6-5-9-15(16)21-18(25)12-24-20(26)14-11-17(28-19(14)22-23-24)13-7-3-2-4-8-13/h2-11H,12H2,1H3,(H,21,25). The first-order valence-corrected chi connectivity index (χ1v) is 9.33. The highest BCUT2D eigenvalue weighted by atomic mass is 32.1. The molecule has 0 unspecified atom stereocenters. The first-order chi connectivity index (χ1) is 13.7. The van der Waals surface area contributed by atoms with Crippen LogP contribution >= 0.6 is 11.3 Å². The molecule has 4 rings (SSSR count). The SMILES string of the molecule is COc1ccccc1NC(=O)Cn1nnc2sc(-c3ccccc3)cc2c1=O. The van der Waals surface area contributed by atoms with Crippen LogP contribution in [0.3, 0.4) is 0 Å². The maximum Gasteiger partial charge on any atom is 0.279 e. The molecule has 2 aromatic heterocycles. The van der Waals surface area contributed by atoms with Gasteiger partial charge in [-0.1, -0.05) is 47.7 Å². The number of carbonyl (C=O) groups is 1. The molecule has 0 saturated carbocycles. The zero-order chi connectivity index (χ0) is 19.5. The number of carbonyl (C=O) groups excluding carboxylic acids is 1. The molecule has 0 fully saturated rings. The van der Waals surface area contributed by atoms with E-state index in [0.717, 1.165) is 15.1 Å². The Bertz CT molecular complexity index is 1200. The second kappa shape index (κ2) is 7.61. The van der Waals surface area contributed by atoms with Gasteiger partial charge in [0, 0.05) is 4.88 Å². The molecule has 2 aromatic carbocycles. The molecular formula is C20H16N4O3S. The largest absolute Gasteiger partial charge is 0.495 e. The van der Waals surface area contributed by atoms with Crippen LogP contribution in [-0.2, 0) is 11.3 Å². The van der Waals surface area contributed by atoms with Crippen molar-refractivity contribution in [3.63, 3.8) is 0 Å².